The first kappa shape index (κ1) is 27.1. The van der Waals surface area contributed by atoms with Crippen LogP contribution in [0.1, 0.15) is 72.5 Å². The van der Waals surface area contributed by atoms with Crippen molar-refractivity contribution < 1.29 is 22.0 Å². The van der Waals surface area contributed by atoms with E-state index < -0.39 is 18.2 Å². The molecule has 8 heteroatoms. The third kappa shape index (κ3) is 8.30. The van der Waals surface area contributed by atoms with E-state index in [1.165, 1.54) is 23.5 Å². The topological polar surface area (TPSA) is 24.9 Å². The van der Waals surface area contributed by atoms with Crippen LogP contribution in [0.3, 0.4) is 0 Å². The maximum Gasteiger partial charge on any atom is 0.416 e. The van der Waals surface area contributed by atoms with Gasteiger partial charge in [-0.15, -0.1) is 11.3 Å². The Morgan fingerprint density at radius 1 is 0.857 bits per heavy atom. The predicted molar refractivity (Wildman–Crippen MR) is 133 cm³/mol. The maximum absolute atomic E-state index is 13.0. The van der Waals surface area contributed by atoms with E-state index in [-0.39, 0.29) is 5.69 Å². The van der Waals surface area contributed by atoms with Gasteiger partial charge in [-0.05, 0) is 49.9 Å². The number of rotatable bonds is 13. The van der Waals surface area contributed by atoms with Crippen LogP contribution in [0.5, 0.6) is 0 Å². The summed E-state index contributed by atoms with van der Waals surface area (Å²) < 4.78 is 64.5. The quantitative estimate of drug-likeness (QED) is 0.183. The fourth-order valence-electron chi connectivity index (χ4n) is 4.08. The first-order chi connectivity index (χ1) is 16.8. The number of nitrogens with one attached hydrogen (secondary N) is 1. The van der Waals surface area contributed by atoms with E-state index in [1.807, 2.05) is 24.3 Å². The minimum absolute atomic E-state index is 0.0418. The van der Waals surface area contributed by atoms with Crippen LogP contribution in [0.15, 0.2) is 48.5 Å². The second-order valence-corrected chi connectivity index (χ2v) is 9.90. The normalized spacial score (nSPS) is 11.9. The molecule has 0 spiro atoms. The number of aromatic nitrogens is 1. The predicted octanol–water partition coefficient (Wildman–Crippen LogP) is 9.46. The number of halogens is 5. The number of anilines is 1. The molecule has 0 fully saturated rings. The van der Waals surface area contributed by atoms with Crippen molar-refractivity contribution in [2.24, 2.45) is 0 Å². The molecule has 2 aromatic carbocycles. The molecule has 3 aromatic rings. The van der Waals surface area contributed by atoms with Gasteiger partial charge in [0.1, 0.15) is 5.69 Å². The fraction of sp³-hybridized carbons (Fsp3) is 0.444. The molecule has 0 bridgehead atoms. The van der Waals surface area contributed by atoms with Gasteiger partial charge in [0.25, 0.3) is 6.43 Å². The van der Waals surface area contributed by atoms with Crippen LogP contribution in [0.2, 0.25) is 0 Å². The van der Waals surface area contributed by atoms with Crippen molar-refractivity contribution >= 4 is 17.0 Å². The van der Waals surface area contributed by atoms with Gasteiger partial charge >= 0.3 is 6.18 Å². The lowest BCUT2D eigenvalue weighted by Gasteiger charge is -2.13. The van der Waals surface area contributed by atoms with Gasteiger partial charge in [-0.25, -0.2) is 13.8 Å². The van der Waals surface area contributed by atoms with E-state index in [9.17, 15) is 22.0 Å². The highest BCUT2D eigenvalue weighted by molar-refractivity contribution is 7.11. The molecule has 3 rings (SSSR count). The first-order valence-electron chi connectivity index (χ1n) is 12.0. The van der Waals surface area contributed by atoms with E-state index >= 15 is 0 Å². The summed E-state index contributed by atoms with van der Waals surface area (Å²) in [5.41, 5.74) is 1.85. The minimum atomic E-state index is -4.34. The number of thiazole rings is 1. The van der Waals surface area contributed by atoms with Gasteiger partial charge in [0.15, 0.2) is 0 Å². The molecule has 0 aliphatic heterocycles. The van der Waals surface area contributed by atoms with E-state index in [4.69, 9.17) is 0 Å². The van der Waals surface area contributed by atoms with Crippen molar-refractivity contribution in [3.63, 3.8) is 0 Å². The number of aryl methyl sites for hydroxylation is 2. The molecule has 0 saturated heterocycles. The van der Waals surface area contributed by atoms with E-state index in [1.54, 1.807) is 6.92 Å². The Hall–Kier alpha value is -2.48. The van der Waals surface area contributed by atoms with Gasteiger partial charge < -0.3 is 5.32 Å². The Morgan fingerprint density at radius 3 is 2.14 bits per heavy atom. The Kier molecular flexibility index (Phi) is 10.1. The van der Waals surface area contributed by atoms with Crippen molar-refractivity contribution in [2.75, 3.05) is 11.9 Å². The third-order valence-corrected chi connectivity index (χ3v) is 6.93. The number of hydrogen-bond acceptors (Lipinski definition) is 3. The molecular formula is C27H31F5N2S. The van der Waals surface area contributed by atoms with Gasteiger partial charge in [-0.1, -0.05) is 62.4 Å². The summed E-state index contributed by atoms with van der Waals surface area (Å²) in [5, 5.41) is 4.11. The van der Waals surface area contributed by atoms with Crippen molar-refractivity contribution in [1.29, 1.82) is 0 Å². The number of benzene rings is 2. The van der Waals surface area contributed by atoms with E-state index in [0.29, 0.717) is 11.4 Å². The lowest BCUT2D eigenvalue weighted by Crippen LogP contribution is -2.05. The third-order valence-electron chi connectivity index (χ3n) is 5.89. The number of nitrogens with zero attached hydrogens (tertiary/aromatic N) is 1. The standard InChI is InChI=1S/C27H31F5N2S/c1-19-34-25(26(28)29)24(35-19)13-7-5-3-2-4-6-10-18-33-23-12-9-8-11-22(23)20-14-16-21(17-15-20)27(30,31)32/h8-9,11-12,14-17,26,33H,2-7,10,13,18H2,1H3. The zero-order valence-corrected chi connectivity index (χ0v) is 20.6. The molecule has 0 atom stereocenters. The summed E-state index contributed by atoms with van der Waals surface area (Å²) in [4.78, 5) is 4.67. The van der Waals surface area contributed by atoms with Crippen LogP contribution in [-0.2, 0) is 12.6 Å². The molecule has 0 saturated carbocycles. The SMILES string of the molecule is Cc1nc(C(F)F)c(CCCCCCCCCNc2ccccc2-c2ccc(C(F)(F)F)cc2)s1. The number of para-hydroxylation sites is 1. The zero-order valence-electron chi connectivity index (χ0n) is 19.8. The molecule has 1 aromatic heterocycles. The number of hydrogen-bond donors (Lipinski definition) is 1. The molecule has 190 valence electrons. The van der Waals surface area contributed by atoms with Crippen LogP contribution < -0.4 is 5.32 Å². The lowest BCUT2D eigenvalue weighted by molar-refractivity contribution is -0.137. The van der Waals surface area contributed by atoms with E-state index in [0.717, 1.165) is 85.3 Å². The largest absolute Gasteiger partial charge is 0.416 e. The minimum Gasteiger partial charge on any atom is -0.385 e. The van der Waals surface area contributed by atoms with Crippen molar-refractivity contribution in [3.8, 4) is 11.1 Å². The average Bonchev–Trinajstić information content (AvgIpc) is 3.21. The van der Waals surface area contributed by atoms with Crippen LogP contribution >= 0.6 is 11.3 Å². The molecular weight excluding hydrogens is 479 g/mol. The van der Waals surface area contributed by atoms with Gasteiger partial charge in [0, 0.05) is 22.7 Å². The summed E-state index contributed by atoms with van der Waals surface area (Å²) >= 11 is 1.38. The van der Waals surface area contributed by atoms with Crippen LogP contribution in [0.25, 0.3) is 11.1 Å². The summed E-state index contributed by atoms with van der Waals surface area (Å²) in [5.74, 6) is 0. The Morgan fingerprint density at radius 2 is 1.49 bits per heavy atom. The summed E-state index contributed by atoms with van der Waals surface area (Å²) in [6.45, 7) is 2.56. The van der Waals surface area contributed by atoms with E-state index in [2.05, 4.69) is 10.3 Å². The Bertz CT molecular complexity index is 1040. The first-order valence-corrected chi connectivity index (χ1v) is 12.8. The van der Waals surface area contributed by atoms with Gasteiger partial charge in [0.05, 0.1) is 10.6 Å². The van der Waals surface area contributed by atoms with Gasteiger partial charge in [0.2, 0.25) is 0 Å². The zero-order chi connectivity index (χ0) is 25.3. The van der Waals surface area contributed by atoms with Crippen molar-refractivity contribution in [3.05, 3.63) is 69.7 Å². The highest BCUT2D eigenvalue weighted by Crippen LogP contribution is 2.33. The lowest BCUT2D eigenvalue weighted by atomic mass is 10.0. The van der Waals surface area contributed by atoms with Crippen molar-refractivity contribution in [2.45, 2.75) is 70.9 Å². The monoisotopic (exact) mass is 510 g/mol. The molecule has 1 heterocycles. The Balaban J connectivity index is 1.33. The molecule has 1 N–H and O–H groups in total. The fourth-order valence-corrected chi connectivity index (χ4v) is 5.07. The summed E-state index contributed by atoms with van der Waals surface area (Å²) in [6, 6.07) is 12.9. The highest BCUT2D eigenvalue weighted by atomic mass is 32.1. The van der Waals surface area contributed by atoms with Crippen LogP contribution in [-0.4, -0.2) is 11.5 Å². The molecule has 0 unspecified atom stereocenters. The average molecular weight is 511 g/mol. The van der Waals surface area contributed by atoms with Crippen LogP contribution in [0, 0.1) is 6.92 Å². The highest BCUT2D eigenvalue weighted by Gasteiger charge is 2.30. The maximum atomic E-state index is 13.0. The summed E-state index contributed by atoms with van der Waals surface area (Å²) in [6.07, 6.45) is 1.18. The molecule has 0 radical (unpaired) electrons. The number of unbranched alkanes of at least 4 members (excludes halogenated alkanes) is 6. The van der Waals surface area contributed by atoms with Gasteiger partial charge in [-0.3, -0.25) is 0 Å². The summed E-state index contributed by atoms with van der Waals surface area (Å²) in [7, 11) is 0. The second-order valence-electron chi connectivity index (χ2n) is 8.61. The van der Waals surface area contributed by atoms with Gasteiger partial charge in [-0.2, -0.15) is 13.2 Å². The molecule has 35 heavy (non-hydrogen) atoms. The number of alkyl halides is 5. The smallest absolute Gasteiger partial charge is 0.385 e. The molecule has 2 nitrogen and oxygen atoms in total. The second kappa shape index (κ2) is 13.0. The van der Waals surface area contributed by atoms with Crippen molar-refractivity contribution in [1.82, 2.24) is 4.98 Å². The molecule has 0 amide bonds. The molecule has 0 aliphatic rings. The van der Waals surface area contributed by atoms with Crippen LogP contribution in [0.4, 0.5) is 27.6 Å². The Labute approximate surface area is 207 Å². The molecule has 0 aliphatic carbocycles.